The van der Waals surface area contributed by atoms with Crippen LogP contribution in [0.5, 0.6) is 0 Å². The van der Waals surface area contributed by atoms with E-state index in [1.54, 1.807) is 19.2 Å². The summed E-state index contributed by atoms with van der Waals surface area (Å²) < 4.78 is 5.54. The monoisotopic (exact) mass is 249 g/mol. The number of ether oxygens (including phenoxy) is 1. The molecule has 1 aliphatic carbocycles. The van der Waals surface area contributed by atoms with Gasteiger partial charge in [-0.2, -0.15) is 0 Å². The Bertz CT molecular complexity index is 447. The summed E-state index contributed by atoms with van der Waals surface area (Å²) in [6, 6.07) is 5.13. The van der Waals surface area contributed by atoms with Gasteiger partial charge in [0.1, 0.15) is 0 Å². The molecule has 0 atom stereocenters. The molecule has 0 radical (unpaired) electrons. The maximum atomic E-state index is 10.8. The molecule has 98 valence electrons. The van der Waals surface area contributed by atoms with E-state index in [2.05, 4.69) is 5.32 Å². The van der Waals surface area contributed by atoms with E-state index in [-0.39, 0.29) is 5.60 Å². The Hall–Kier alpha value is -1.55. The third-order valence-electron chi connectivity index (χ3n) is 3.77. The average Bonchev–Trinajstić information content (AvgIpc) is 2.29. The molecule has 0 spiro atoms. The number of nitrogens with one attached hydrogen (secondary N) is 1. The van der Waals surface area contributed by atoms with Crippen LogP contribution in [0.15, 0.2) is 18.2 Å². The van der Waals surface area contributed by atoms with E-state index >= 15 is 0 Å². The Kier molecular flexibility index (Phi) is 3.57. The molecule has 4 nitrogen and oxygen atoms in total. The lowest BCUT2D eigenvalue weighted by Crippen LogP contribution is -2.45. The molecule has 1 fully saturated rings. The van der Waals surface area contributed by atoms with Gasteiger partial charge in [0.15, 0.2) is 0 Å². The van der Waals surface area contributed by atoms with Crippen molar-refractivity contribution in [3.63, 3.8) is 0 Å². The summed E-state index contributed by atoms with van der Waals surface area (Å²) in [5.41, 5.74) is 2.21. The van der Waals surface area contributed by atoms with Crippen molar-refractivity contribution in [2.75, 3.05) is 19.0 Å². The molecular weight excluding hydrogens is 230 g/mol. The first-order valence-corrected chi connectivity index (χ1v) is 6.19. The second-order valence-electron chi connectivity index (χ2n) is 4.93. The molecular formula is C14H19NO3. The zero-order chi connectivity index (χ0) is 13.2. The molecule has 0 bridgehead atoms. The van der Waals surface area contributed by atoms with Crippen LogP contribution in [0.2, 0.25) is 0 Å². The number of carbonyl (C=O) groups is 1. The fourth-order valence-corrected chi connectivity index (χ4v) is 2.28. The van der Waals surface area contributed by atoms with E-state index in [0.717, 1.165) is 30.6 Å². The summed E-state index contributed by atoms with van der Waals surface area (Å²) in [4.78, 5) is 10.8. The van der Waals surface area contributed by atoms with Gasteiger partial charge in [-0.3, -0.25) is 0 Å². The Morgan fingerprint density at radius 2 is 2.22 bits per heavy atom. The predicted molar refractivity (Wildman–Crippen MR) is 70.2 cm³/mol. The lowest BCUT2D eigenvalue weighted by molar-refractivity contribution is -0.0601. The summed E-state index contributed by atoms with van der Waals surface area (Å²) in [6.07, 6.45) is 3.39. The summed E-state index contributed by atoms with van der Waals surface area (Å²) >= 11 is 0. The number of aryl methyl sites for hydroxylation is 1. The highest BCUT2D eigenvalue weighted by molar-refractivity contribution is 5.88. The maximum absolute atomic E-state index is 10.8. The van der Waals surface area contributed by atoms with Crippen molar-refractivity contribution >= 4 is 11.7 Å². The van der Waals surface area contributed by atoms with Gasteiger partial charge in [0.25, 0.3) is 0 Å². The smallest absolute Gasteiger partial charge is 0.335 e. The van der Waals surface area contributed by atoms with Gasteiger partial charge in [-0.05, 0) is 49.9 Å². The van der Waals surface area contributed by atoms with Crippen molar-refractivity contribution in [1.29, 1.82) is 0 Å². The minimum Gasteiger partial charge on any atom is -0.478 e. The molecule has 4 heteroatoms. The van der Waals surface area contributed by atoms with Gasteiger partial charge >= 0.3 is 5.97 Å². The Labute approximate surface area is 107 Å². The second kappa shape index (κ2) is 4.98. The third-order valence-corrected chi connectivity index (χ3v) is 3.77. The summed E-state index contributed by atoms with van der Waals surface area (Å²) in [5.74, 6) is -0.892. The van der Waals surface area contributed by atoms with Crippen molar-refractivity contribution in [1.82, 2.24) is 0 Å². The first-order valence-electron chi connectivity index (χ1n) is 6.19. The van der Waals surface area contributed by atoms with Crippen LogP contribution in [0.1, 0.15) is 35.2 Å². The van der Waals surface area contributed by atoms with Crippen LogP contribution < -0.4 is 5.32 Å². The highest BCUT2D eigenvalue weighted by Gasteiger charge is 2.36. The molecule has 0 amide bonds. The van der Waals surface area contributed by atoms with Gasteiger partial charge < -0.3 is 15.2 Å². The van der Waals surface area contributed by atoms with Crippen LogP contribution in [0.25, 0.3) is 0 Å². The molecule has 2 rings (SSSR count). The largest absolute Gasteiger partial charge is 0.478 e. The normalized spacial score (nSPS) is 17.0. The van der Waals surface area contributed by atoms with E-state index < -0.39 is 5.97 Å². The van der Waals surface area contributed by atoms with Crippen molar-refractivity contribution in [3.05, 3.63) is 29.3 Å². The number of hydrogen-bond donors (Lipinski definition) is 2. The molecule has 1 aliphatic rings. The van der Waals surface area contributed by atoms with Crippen LogP contribution in [-0.2, 0) is 4.74 Å². The first kappa shape index (κ1) is 12.9. The van der Waals surface area contributed by atoms with E-state index in [1.165, 1.54) is 6.42 Å². The van der Waals surface area contributed by atoms with Crippen molar-refractivity contribution in [2.45, 2.75) is 31.8 Å². The van der Waals surface area contributed by atoms with Crippen molar-refractivity contribution in [2.24, 2.45) is 0 Å². The lowest BCUT2D eigenvalue weighted by Gasteiger charge is -2.40. The van der Waals surface area contributed by atoms with Crippen LogP contribution in [0, 0.1) is 6.92 Å². The SMILES string of the molecule is COC1(CNc2ccc(C(=O)O)cc2C)CCC1. The average molecular weight is 249 g/mol. The van der Waals surface area contributed by atoms with Crippen molar-refractivity contribution in [3.8, 4) is 0 Å². The number of aromatic carboxylic acids is 1. The van der Waals surface area contributed by atoms with Crippen LogP contribution >= 0.6 is 0 Å². The van der Waals surface area contributed by atoms with Gasteiger partial charge in [-0.15, -0.1) is 0 Å². The van der Waals surface area contributed by atoms with Gasteiger partial charge in [0.05, 0.1) is 11.2 Å². The lowest BCUT2D eigenvalue weighted by atomic mass is 9.80. The zero-order valence-electron chi connectivity index (χ0n) is 10.8. The quantitative estimate of drug-likeness (QED) is 0.842. The van der Waals surface area contributed by atoms with Gasteiger partial charge in [-0.25, -0.2) is 4.79 Å². The number of hydrogen-bond acceptors (Lipinski definition) is 3. The van der Waals surface area contributed by atoms with Gasteiger partial charge in [-0.1, -0.05) is 0 Å². The fourth-order valence-electron chi connectivity index (χ4n) is 2.28. The first-order chi connectivity index (χ1) is 8.56. The van der Waals surface area contributed by atoms with Gasteiger partial charge in [0.2, 0.25) is 0 Å². The number of carboxylic acid groups (broad SMARTS) is 1. The molecule has 1 aromatic carbocycles. The van der Waals surface area contributed by atoms with E-state index in [1.807, 2.05) is 13.0 Å². The Balaban J connectivity index is 2.03. The summed E-state index contributed by atoms with van der Waals surface area (Å²) in [6.45, 7) is 2.69. The topological polar surface area (TPSA) is 58.6 Å². The van der Waals surface area contributed by atoms with E-state index in [0.29, 0.717) is 5.56 Å². The molecule has 1 aromatic rings. The zero-order valence-corrected chi connectivity index (χ0v) is 10.8. The van der Waals surface area contributed by atoms with Crippen LogP contribution in [0.4, 0.5) is 5.69 Å². The Morgan fingerprint density at radius 1 is 1.50 bits per heavy atom. The second-order valence-corrected chi connectivity index (χ2v) is 4.93. The molecule has 0 aliphatic heterocycles. The number of carboxylic acids is 1. The number of benzene rings is 1. The molecule has 0 heterocycles. The van der Waals surface area contributed by atoms with E-state index in [9.17, 15) is 4.79 Å². The molecule has 2 N–H and O–H groups in total. The number of anilines is 1. The highest BCUT2D eigenvalue weighted by Crippen LogP contribution is 2.35. The maximum Gasteiger partial charge on any atom is 0.335 e. The highest BCUT2D eigenvalue weighted by atomic mass is 16.5. The third kappa shape index (κ3) is 2.48. The predicted octanol–water partition coefficient (Wildman–Crippen LogP) is 2.67. The molecule has 0 unspecified atom stereocenters. The fraction of sp³-hybridized carbons (Fsp3) is 0.500. The number of rotatable bonds is 5. The van der Waals surface area contributed by atoms with Crippen LogP contribution in [0.3, 0.4) is 0 Å². The van der Waals surface area contributed by atoms with Crippen LogP contribution in [-0.4, -0.2) is 30.3 Å². The van der Waals surface area contributed by atoms with Gasteiger partial charge in [0, 0.05) is 19.3 Å². The van der Waals surface area contributed by atoms with Crippen molar-refractivity contribution < 1.29 is 14.6 Å². The van der Waals surface area contributed by atoms with E-state index in [4.69, 9.17) is 9.84 Å². The molecule has 1 saturated carbocycles. The molecule has 0 aromatic heterocycles. The molecule has 0 saturated heterocycles. The summed E-state index contributed by atoms with van der Waals surface area (Å²) in [7, 11) is 1.75. The minimum absolute atomic E-state index is 0.0299. The number of methoxy groups -OCH3 is 1. The standard InChI is InChI=1S/C14H19NO3/c1-10-8-11(13(16)17)4-5-12(10)15-9-14(18-2)6-3-7-14/h4-5,8,15H,3,6-7,9H2,1-2H3,(H,16,17). The minimum atomic E-state index is -0.892. The molecule has 18 heavy (non-hydrogen) atoms. The Morgan fingerprint density at radius 3 is 2.67 bits per heavy atom. The summed E-state index contributed by atoms with van der Waals surface area (Å²) in [5, 5.41) is 12.3.